The van der Waals surface area contributed by atoms with Crippen LogP contribution < -0.4 is 34.1 Å². The minimum atomic E-state index is -1.75. The molecule has 3 saturated heterocycles. The Balaban J connectivity index is 0.000000169. The van der Waals surface area contributed by atoms with E-state index in [-0.39, 0.29) is 80.7 Å². The number of benzene rings is 5. The molecular weight excluding hydrogens is 1790 g/mol. The van der Waals surface area contributed by atoms with Gasteiger partial charge in [-0.15, -0.1) is 0 Å². The Morgan fingerprint density at radius 2 is 0.816 bits per heavy atom. The van der Waals surface area contributed by atoms with Crippen LogP contribution in [0.5, 0.6) is 0 Å². The van der Waals surface area contributed by atoms with Crippen LogP contribution in [0.15, 0.2) is 161 Å². The third kappa shape index (κ3) is 25.0. The van der Waals surface area contributed by atoms with Crippen LogP contribution in [0.1, 0.15) is 124 Å². The van der Waals surface area contributed by atoms with Gasteiger partial charge in [-0.1, -0.05) is 54.1 Å². The molecule has 656 valence electrons. The molecule has 3 aliphatic heterocycles. The van der Waals surface area contributed by atoms with Crippen LogP contribution in [-0.4, -0.2) is 189 Å². The first-order valence-electron chi connectivity index (χ1n) is 37.4. The van der Waals surface area contributed by atoms with Crippen molar-refractivity contribution in [3.8, 4) is 45.0 Å². The number of hydrogen-bond acceptors (Lipinski definition) is 33. The molecule has 5 aromatic carbocycles. The number of carbonyl (C=O) groups is 5. The van der Waals surface area contributed by atoms with Gasteiger partial charge in [-0.2, -0.15) is 0 Å². The Bertz CT molecular complexity index is 5510. The summed E-state index contributed by atoms with van der Waals surface area (Å²) in [5.74, 6) is -7.23. The molecule has 15 rings (SSSR count). The average Bonchev–Trinajstić information content (AvgIpc) is 1.62. The van der Waals surface area contributed by atoms with Crippen LogP contribution in [0, 0.1) is 29.1 Å². The van der Waals surface area contributed by atoms with Crippen molar-refractivity contribution in [3.05, 3.63) is 229 Å². The highest BCUT2D eigenvalue weighted by Crippen LogP contribution is 2.44. The number of aromatic nitrogens is 10. The Kier molecular flexibility index (Phi) is 33.8. The van der Waals surface area contributed by atoms with E-state index < -0.39 is 71.8 Å². The third-order valence-electron chi connectivity index (χ3n) is 19.5. The van der Waals surface area contributed by atoms with Gasteiger partial charge in [-0.25, -0.2) is 90.8 Å². The maximum Gasteiger partial charge on any atom is 0.490 e. The van der Waals surface area contributed by atoms with Gasteiger partial charge in [-0.05, 0) is 150 Å². The maximum atomic E-state index is 14.3. The number of ether oxygens (including phenoxy) is 9. The fourth-order valence-electron chi connectivity index (χ4n) is 12.1. The minimum Gasteiger partial charge on any atom is -0.465 e. The molecule has 10 aromatic rings. The predicted molar refractivity (Wildman–Crippen MR) is 456 cm³/mol. The Morgan fingerprint density at radius 3 is 1.15 bits per heavy atom. The van der Waals surface area contributed by atoms with Gasteiger partial charge < -0.3 is 90.7 Å². The zero-order valence-electron chi connectivity index (χ0n) is 68.4. The quantitative estimate of drug-likeness (QED) is 0.0258. The van der Waals surface area contributed by atoms with Crippen molar-refractivity contribution in [1.82, 2.24) is 49.8 Å². The van der Waals surface area contributed by atoms with Gasteiger partial charge in [0, 0.05) is 60.3 Å². The fraction of sp³-hybridized carbons (Fsp3) is 0.280. The van der Waals surface area contributed by atoms with E-state index in [1.807, 2.05) is 6.08 Å². The van der Waals surface area contributed by atoms with Crippen LogP contribution in [0.25, 0.3) is 50.6 Å². The molecule has 0 radical (unpaired) electrons. The molecule has 0 saturated carbocycles. The Hall–Kier alpha value is -12.0. The number of methoxy groups -OCH3 is 5. The molecule has 12 N–H and O–H groups in total. The van der Waals surface area contributed by atoms with Crippen LogP contribution >= 0.6 is 43.5 Å². The van der Waals surface area contributed by atoms with E-state index in [0.717, 1.165) is 56.9 Å². The van der Waals surface area contributed by atoms with Crippen molar-refractivity contribution >= 4 is 128 Å². The number of nitrogens with two attached hydrogens (primary N) is 5. The van der Waals surface area contributed by atoms with Crippen LogP contribution in [-0.2, 0) is 51.9 Å². The van der Waals surface area contributed by atoms with Gasteiger partial charge in [0.15, 0.2) is 11.6 Å². The van der Waals surface area contributed by atoms with Gasteiger partial charge >= 0.3 is 44.1 Å². The lowest BCUT2D eigenvalue weighted by molar-refractivity contribution is -0.161. The fourth-order valence-corrected chi connectivity index (χ4v) is 12.8. The molecular formula is C82H83B2Br2ClF5N15O18. The number of rotatable bonds is 12. The Labute approximate surface area is 734 Å². The largest absolute Gasteiger partial charge is 0.490 e. The molecule has 2 spiro atoms. The zero-order chi connectivity index (χ0) is 91.3. The highest BCUT2D eigenvalue weighted by Gasteiger charge is 2.53. The topological polar surface area (TPSA) is 486 Å². The van der Waals surface area contributed by atoms with E-state index in [1.165, 1.54) is 144 Å². The van der Waals surface area contributed by atoms with Crippen LogP contribution in [0.4, 0.5) is 51.0 Å². The van der Waals surface area contributed by atoms with Crippen molar-refractivity contribution in [2.75, 3.05) is 90.6 Å². The first kappa shape index (κ1) is 96.9. The second-order valence-corrected chi connectivity index (χ2v) is 30.0. The SMILES string of the molecule is CC1(C)OB(C2=CCC3(CC2)OCCO3)OC1(C)C.COC(=O)c1ccc(-c2nc(Br)cnc2N)cc1F.COC(=O)c1ccc(-c2nc(Br)cnc2N)cc1F.COC(=O)c1ccc(-c2nc(C3=CCC4(CC3)OCCO4)cnc2N)cc1F.COC(=O)c1ccc(-c2nccnc2N)cc1F.COC(=O)c1ccc(B(O)O)cc1F.Nc1ncncc1Cl. The number of allylic oxidation sites excluding steroid dienone is 2. The maximum absolute atomic E-state index is 14.3. The second-order valence-electron chi connectivity index (χ2n) is 28.0. The van der Waals surface area contributed by atoms with E-state index in [0.29, 0.717) is 104 Å². The smallest absolute Gasteiger partial charge is 0.465 e. The number of esters is 5. The molecule has 33 nitrogen and oxygen atoms in total. The normalized spacial score (nSPS) is 15.1. The van der Waals surface area contributed by atoms with Crippen molar-refractivity contribution in [2.24, 2.45) is 0 Å². The van der Waals surface area contributed by atoms with Crippen molar-refractivity contribution in [2.45, 2.75) is 89.0 Å². The number of carbonyl (C=O) groups excluding carboxylic acids is 5. The lowest BCUT2D eigenvalue weighted by atomic mass is 9.71. The molecule has 3 fully saturated rings. The molecule has 0 amide bonds. The Morgan fingerprint density at radius 1 is 0.456 bits per heavy atom. The summed E-state index contributed by atoms with van der Waals surface area (Å²) in [5.41, 5.74) is 32.9. The minimum absolute atomic E-state index is 0.0184. The predicted octanol–water partition coefficient (Wildman–Crippen LogP) is 11.9. The number of nitrogens with zero attached hydrogens (tertiary/aromatic N) is 10. The summed E-state index contributed by atoms with van der Waals surface area (Å²) in [6.45, 7) is 11.0. The number of halogens is 8. The zero-order valence-corrected chi connectivity index (χ0v) is 72.3. The van der Waals surface area contributed by atoms with E-state index in [1.54, 1.807) is 12.3 Å². The second kappa shape index (κ2) is 43.6. The molecule has 0 bridgehead atoms. The van der Waals surface area contributed by atoms with Gasteiger partial charge in [0.2, 0.25) is 0 Å². The first-order chi connectivity index (χ1) is 59.4. The monoisotopic (exact) mass is 1880 g/mol. The summed E-state index contributed by atoms with van der Waals surface area (Å²) < 4.78 is 127. The van der Waals surface area contributed by atoms with Crippen molar-refractivity contribution in [1.29, 1.82) is 0 Å². The summed E-state index contributed by atoms with van der Waals surface area (Å²) in [5, 5.41) is 17.8. The lowest BCUT2D eigenvalue weighted by Gasteiger charge is -2.32. The molecule has 2 aliphatic carbocycles. The van der Waals surface area contributed by atoms with Gasteiger partial charge in [-0.3, -0.25) is 4.98 Å². The summed E-state index contributed by atoms with van der Waals surface area (Å²) in [6.07, 6.45) is 19.1. The summed E-state index contributed by atoms with van der Waals surface area (Å²) in [6, 6.07) is 19.4. The van der Waals surface area contributed by atoms with Crippen molar-refractivity contribution < 1.29 is 108 Å². The molecule has 5 aliphatic rings. The summed E-state index contributed by atoms with van der Waals surface area (Å²) >= 11 is 11.8. The van der Waals surface area contributed by atoms with E-state index in [4.69, 9.17) is 78.6 Å². The first-order valence-corrected chi connectivity index (χ1v) is 39.4. The lowest BCUT2D eigenvalue weighted by Crippen LogP contribution is -2.41. The summed E-state index contributed by atoms with van der Waals surface area (Å²) in [4.78, 5) is 96.3. The summed E-state index contributed by atoms with van der Waals surface area (Å²) in [7, 11) is 3.93. The van der Waals surface area contributed by atoms with E-state index in [2.05, 4.69) is 139 Å². The molecule has 43 heteroatoms. The molecule has 5 aromatic heterocycles. The average molecular weight is 1880 g/mol. The standard InChI is InChI=1S/C20H20FN3O4.C14H23BO4.2C12H9BrFN3O2.C12H10FN3O2.C8H8BFO4.C4H4ClN3/c1-26-19(25)14-3-2-13(10-15(14)21)17-18(22)23-11-16(24-17)12-4-6-20(7-5-12)27-8-9-28-20;1-12(2)13(3,4)19-15(18-12)11-5-7-14(8-6-11)16-9-10-17-14;2*1-19-12(18)7-3-2-6(4-8(7)14)10-11(15)16-5-9(13)17-10;1-18-12(17)8-3-2-7(6-9(8)13)10-11(14)16-5-4-15-10;1-14-8(11)6-3-2-5(9(12)13)4-7(6)10;5-3-1-7-2-8-4(3)6/h2-4,10-11H,5-9H2,1H3,(H2,22,23);5H,6-10H2,1-4H3;2*2-5H,1H3,(H2,15,16);2-6H,1H3,(H2,14,16);2-4,12-13H,1H3;1-2H,(H2,6,7,8). The highest BCUT2D eigenvalue weighted by atomic mass is 79.9. The molecule has 8 heterocycles. The number of hydrogen-bond donors (Lipinski definition) is 7. The van der Waals surface area contributed by atoms with E-state index >= 15 is 0 Å². The van der Waals surface area contributed by atoms with Gasteiger partial charge in [0.1, 0.15) is 102 Å². The third-order valence-corrected chi connectivity index (χ3v) is 20.5. The molecule has 0 unspecified atom stereocenters. The molecule has 0 atom stereocenters. The molecule has 125 heavy (non-hydrogen) atoms. The highest BCUT2D eigenvalue weighted by molar-refractivity contribution is 9.10. The van der Waals surface area contributed by atoms with E-state index in [9.17, 15) is 45.9 Å². The number of nitrogen functional groups attached to an aromatic ring is 5. The van der Waals surface area contributed by atoms with Crippen molar-refractivity contribution in [3.63, 3.8) is 0 Å². The number of anilines is 5. The van der Waals surface area contributed by atoms with Crippen LogP contribution in [0.3, 0.4) is 0 Å². The van der Waals surface area contributed by atoms with Gasteiger partial charge in [0.25, 0.3) is 0 Å². The van der Waals surface area contributed by atoms with Gasteiger partial charge in [0.05, 0.1) is 131 Å². The van der Waals surface area contributed by atoms with Crippen LogP contribution in [0.2, 0.25) is 5.02 Å².